The largest absolute Gasteiger partial charge is 0.507 e. The van der Waals surface area contributed by atoms with Crippen LogP contribution in [0.1, 0.15) is 68.1 Å². The van der Waals surface area contributed by atoms with E-state index in [0.29, 0.717) is 50.6 Å². The van der Waals surface area contributed by atoms with Gasteiger partial charge < -0.3 is 29.2 Å². The number of hydrogen-bond donors (Lipinski definition) is 2. The molecule has 0 saturated carbocycles. The Kier molecular flexibility index (Phi) is 9.06. The van der Waals surface area contributed by atoms with Crippen molar-refractivity contribution in [2.24, 2.45) is 0 Å². The van der Waals surface area contributed by atoms with E-state index < -0.39 is 0 Å². The summed E-state index contributed by atoms with van der Waals surface area (Å²) in [6.07, 6.45) is 2.65. The van der Waals surface area contributed by atoms with Crippen molar-refractivity contribution < 1.29 is 29.2 Å². The number of rotatable bonds is 13. The second-order valence-electron chi connectivity index (χ2n) is 12.6. The van der Waals surface area contributed by atoms with Gasteiger partial charge in [0.05, 0.1) is 13.2 Å². The van der Waals surface area contributed by atoms with Gasteiger partial charge in [-0.2, -0.15) is 0 Å². The summed E-state index contributed by atoms with van der Waals surface area (Å²) in [6, 6.07) is 18.7. The summed E-state index contributed by atoms with van der Waals surface area (Å²) in [6.45, 7) is 12.7. The van der Waals surface area contributed by atoms with E-state index in [2.05, 4.69) is 63.2 Å². The Bertz CT molecular complexity index is 1700. The first-order chi connectivity index (χ1) is 21.7. The number of phenols is 2. The van der Waals surface area contributed by atoms with Crippen molar-refractivity contribution in [3.05, 3.63) is 116 Å². The van der Waals surface area contributed by atoms with Gasteiger partial charge in [-0.05, 0) is 84.7 Å². The van der Waals surface area contributed by atoms with Crippen molar-refractivity contribution in [3.63, 3.8) is 0 Å². The maximum absolute atomic E-state index is 11.8. The van der Waals surface area contributed by atoms with Crippen molar-refractivity contribution in [2.75, 3.05) is 26.4 Å². The first-order valence-corrected chi connectivity index (χ1v) is 16.0. The van der Waals surface area contributed by atoms with Crippen LogP contribution in [-0.4, -0.2) is 48.8 Å². The summed E-state index contributed by atoms with van der Waals surface area (Å²) in [5.41, 5.74) is 11.0. The standard InChI is InChI=1S/C39H44O6/c1-6-27-12-8-24(3)34(37(27)40)18-30-14-10-26(5)35(39(30)45-22-32-20-43-32)17-29-13-9-25(4)33(38(29)41)16-28-11-7-23(2)15-36(28)44-21-31-19-42-31/h7-15,31-32,40-41H,6,16-22H2,1-5H3. The molecule has 0 bridgehead atoms. The van der Waals surface area contributed by atoms with Crippen molar-refractivity contribution in [2.45, 2.75) is 72.5 Å². The Morgan fingerprint density at radius 2 is 1.11 bits per heavy atom. The molecule has 0 spiro atoms. The fraction of sp³-hybridized carbons (Fsp3) is 0.385. The molecule has 2 aliphatic heterocycles. The Balaban J connectivity index is 1.34. The number of aryl methyl sites for hydroxylation is 5. The third-order valence-electron chi connectivity index (χ3n) is 9.13. The minimum atomic E-state index is 0.0987. The van der Waals surface area contributed by atoms with E-state index >= 15 is 0 Å². The van der Waals surface area contributed by atoms with E-state index in [0.717, 1.165) is 85.7 Å². The number of benzene rings is 4. The van der Waals surface area contributed by atoms with E-state index in [4.69, 9.17) is 18.9 Å². The Morgan fingerprint density at radius 3 is 1.73 bits per heavy atom. The van der Waals surface area contributed by atoms with Crippen molar-refractivity contribution in [3.8, 4) is 23.0 Å². The van der Waals surface area contributed by atoms with E-state index in [1.54, 1.807) is 0 Å². The van der Waals surface area contributed by atoms with Gasteiger partial charge >= 0.3 is 0 Å². The van der Waals surface area contributed by atoms with Crippen molar-refractivity contribution >= 4 is 0 Å². The molecule has 0 amide bonds. The average Bonchev–Trinajstić information content (AvgIpc) is 3.95. The second-order valence-corrected chi connectivity index (χ2v) is 12.6. The Hall–Kier alpha value is -4.00. The van der Waals surface area contributed by atoms with Crippen LogP contribution in [0, 0.1) is 27.7 Å². The molecule has 6 heteroatoms. The summed E-state index contributed by atoms with van der Waals surface area (Å²) >= 11 is 0. The molecule has 2 fully saturated rings. The fourth-order valence-electron chi connectivity index (χ4n) is 5.96. The molecule has 2 unspecified atom stereocenters. The van der Waals surface area contributed by atoms with Crippen LogP contribution in [0.5, 0.6) is 23.0 Å². The van der Waals surface area contributed by atoms with Crippen LogP contribution in [0.15, 0.2) is 54.6 Å². The van der Waals surface area contributed by atoms with Gasteiger partial charge in [0.25, 0.3) is 0 Å². The number of ether oxygens (including phenoxy) is 4. The van der Waals surface area contributed by atoms with Crippen molar-refractivity contribution in [1.29, 1.82) is 0 Å². The van der Waals surface area contributed by atoms with Crippen LogP contribution in [-0.2, 0) is 35.2 Å². The molecule has 0 aliphatic carbocycles. The monoisotopic (exact) mass is 608 g/mol. The molecule has 236 valence electrons. The highest BCUT2D eigenvalue weighted by Crippen LogP contribution is 2.38. The summed E-state index contributed by atoms with van der Waals surface area (Å²) in [7, 11) is 0. The minimum absolute atomic E-state index is 0.0987. The van der Waals surface area contributed by atoms with Gasteiger partial charge in [-0.1, -0.05) is 55.5 Å². The summed E-state index contributed by atoms with van der Waals surface area (Å²) in [5, 5.41) is 22.9. The van der Waals surface area contributed by atoms with E-state index in [9.17, 15) is 10.2 Å². The van der Waals surface area contributed by atoms with Crippen LogP contribution in [0.4, 0.5) is 0 Å². The molecule has 2 N–H and O–H groups in total. The highest BCUT2D eigenvalue weighted by Gasteiger charge is 2.26. The van der Waals surface area contributed by atoms with Crippen LogP contribution in [0.25, 0.3) is 0 Å². The van der Waals surface area contributed by atoms with Gasteiger partial charge in [0, 0.05) is 36.0 Å². The second kappa shape index (κ2) is 13.2. The van der Waals surface area contributed by atoms with Gasteiger partial charge in [0.15, 0.2) is 0 Å². The van der Waals surface area contributed by atoms with Crippen LogP contribution in [0.2, 0.25) is 0 Å². The predicted molar refractivity (Wildman–Crippen MR) is 176 cm³/mol. The minimum Gasteiger partial charge on any atom is -0.507 e. The summed E-state index contributed by atoms with van der Waals surface area (Å²) in [5.74, 6) is 2.31. The zero-order chi connectivity index (χ0) is 31.7. The molecule has 4 aromatic rings. The summed E-state index contributed by atoms with van der Waals surface area (Å²) in [4.78, 5) is 0. The first-order valence-electron chi connectivity index (χ1n) is 16.0. The summed E-state index contributed by atoms with van der Waals surface area (Å²) < 4.78 is 23.5. The third-order valence-corrected chi connectivity index (χ3v) is 9.13. The van der Waals surface area contributed by atoms with Gasteiger partial charge in [-0.3, -0.25) is 0 Å². The van der Waals surface area contributed by atoms with Crippen LogP contribution < -0.4 is 9.47 Å². The van der Waals surface area contributed by atoms with E-state index in [1.165, 1.54) is 0 Å². The van der Waals surface area contributed by atoms with Gasteiger partial charge in [-0.15, -0.1) is 0 Å². The molecule has 6 rings (SSSR count). The van der Waals surface area contributed by atoms with E-state index in [1.807, 2.05) is 26.0 Å². The zero-order valence-electron chi connectivity index (χ0n) is 27.0. The predicted octanol–water partition coefficient (Wildman–Crippen LogP) is 7.22. The highest BCUT2D eigenvalue weighted by atomic mass is 16.6. The van der Waals surface area contributed by atoms with Gasteiger partial charge in [0.1, 0.15) is 48.4 Å². The number of hydrogen-bond acceptors (Lipinski definition) is 6. The molecule has 6 nitrogen and oxygen atoms in total. The normalized spacial score (nSPS) is 16.9. The lowest BCUT2D eigenvalue weighted by molar-refractivity contribution is 0.259. The molecular weight excluding hydrogens is 564 g/mol. The topological polar surface area (TPSA) is 84.0 Å². The SMILES string of the molecule is CCc1ccc(C)c(Cc2ccc(C)c(Cc3ccc(C)c(Cc4ccc(C)cc4OCC4CO4)c3O)c2OCC2CO2)c1O. The average molecular weight is 609 g/mol. The third kappa shape index (κ3) is 7.13. The Labute approximate surface area is 266 Å². The number of phenolic OH excluding ortho intramolecular Hbond substituents is 2. The number of aromatic hydroxyl groups is 2. The molecule has 2 heterocycles. The van der Waals surface area contributed by atoms with Gasteiger partial charge in [-0.25, -0.2) is 0 Å². The molecule has 2 aliphatic rings. The number of epoxide rings is 2. The van der Waals surface area contributed by atoms with Gasteiger partial charge in [0.2, 0.25) is 0 Å². The Morgan fingerprint density at radius 1 is 0.622 bits per heavy atom. The lowest BCUT2D eigenvalue weighted by atomic mass is 9.89. The molecule has 2 saturated heterocycles. The molecule has 0 radical (unpaired) electrons. The maximum Gasteiger partial charge on any atom is 0.126 e. The zero-order valence-corrected chi connectivity index (χ0v) is 27.0. The molecule has 4 aromatic carbocycles. The quantitative estimate of drug-likeness (QED) is 0.156. The van der Waals surface area contributed by atoms with Crippen molar-refractivity contribution in [1.82, 2.24) is 0 Å². The maximum atomic E-state index is 11.8. The van der Waals surface area contributed by atoms with Crippen LogP contribution in [0.3, 0.4) is 0 Å². The van der Waals surface area contributed by atoms with E-state index in [-0.39, 0.29) is 12.2 Å². The fourth-order valence-corrected chi connectivity index (χ4v) is 5.96. The van der Waals surface area contributed by atoms with Crippen LogP contribution >= 0.6 is 0 Å². The molecule has 0 aromatic heterocycles. The highest BCUT2D eigenvalue weighted by molar-refractivity contribution is 5.56. The lowest BCUT2D eigenvalue weighted by Gasteiger charge is -2.21. The molecular formula is C39H44O6. The lowest BCUT2D eigenvalue weighted by Crippen LogP contribution is -2.10. The smallest absolute Gasteiger partial charge is 0.126 e. The first kappa shape index (κ1) is 31.0. The molecule has 2 atom stereocenters. The molecule has 45 heavy (non-hydrogen) atoms.